The van der Waals surface area contributed by atoms with Crippen LogP contribution in [-0.4, -0.2) is 25.3 Å². The number of aliphatic hydroxyl groups is 1. The summed E-state index contributed by atoms with van der Waals surface area (Å²) in [6, 6.07) is 6.21. The highest BCUT2D eigenvalue weighted by Crippen LogP contribution is 2.31. The summed E-state index contributed by atoms with van der Waals surface area (Å²) >= 11 is 0. The summed E-state index contributed by atoms with van der Waals surface area (Å²) in [4.78, 5) is 0. The zero-order chi connectivity index (χ0) is 17.3. The zero-order valence-electron chi connectivity index (χ0n) is 12.5. The fraction of sp³-hybridized carbons (Fsp3) is 0.267. The average molecular weight is 338 g/mol. The van der Waals surface area contributed by atoms with Crippen molar-refractivity contribution in [1.82, 2.24) is 20.2 Å². The summed E-state index contributed by atoms with van der Waals surface area (Å²) in [6.07, 6.45) is -4.33. The first kappa shape index (κ1) is 16.2. The maximum atomic E-state index is 12.8. The van der Waals surface area contributed by atoms with Crippen LogP contribution < -0.4 is 0 Å². The summed E-state index contributed by atoms with van der Waals surface area (Å²) in [5.74, 6) is 0.648. The summed E-state index contributed by atoms with van der Waals surface area (Å²) in [6.45, 7) is 2.03. The van der Waals surface area contributed by atoms with Crippen molar-refractivity contribution in [2.75, 3.05) is 0 Å². The van der Waals surface area contributed by atoms with Crippen molar-refractivity contribution < 1.29 is 22.8 Å². The number of aryl methyl sites for hydroxylation is 1. The second-order valence-electron chi connectivity index (χ2n) is 5.30. The summed E-state index contributed by atoms with van der Waals surface area (Å²) in [7, 11) is 0. The molecule has 0 radical (unpaired) electrons. The summed E-state index contributed by atoms with van der Waals surface area (Å²) in [5, 5.41) is 21.7. The van der Waals surface area contributed by atoms with E-state index < -0.39 is 17.8 Å². The van der Waals surface area contributed by atoms with Crippen molar-refractivity contribution in [3.63, 3.8) is 0 Å². The highest BCUT2D eigenvalue weighted by atomic mass is 19.4. The molecule has 0 spiro atoms. The summed E-state index contributed by atoms with van der Waals surface area (Å²) < 4.78 is 44.6. The lowest BCUT2D eigenvalue weighted by Crippen LogP contribution is -2.07. The molecule has 0 aliphatic heterocycles. The minimum atomic E-state index is -4.47. The van der Waals surface area contributed by atoms with Gasteiger partial charge in [0.05, 0.1) is 18.3 Å². The monoisotopic (exact) mass is 338 g/mol. The molecule has 24 heavy (non-hydrogen) atoms. The molecule has 1 atom stereocenters. The predicted octanol–water partition coefficient (Wildman–Crippen LogP) is 2.72. The number of aromatic nitrogens is 4. The van der Waals surface area contributed by atoms with E-state index >= 15 is 0 Å². The van der Waals surface area contributed by atoms with Crippen molar-refractivity contribution in [1.29, 1.82) is 0 Å². The number of halogens is 3. The van der Waals surface area contributed by atoms with Gasteiger partial charge in [0.1, 0.15) is 23.3 Å². The molecule has 9 heteroatoms. The molecule has 6 nitrogen and oxygen atoms in total. The minimum absolute atomic E-state index is 0.0918. The van der Waals surface area contributed by atoms with E-state index in [-0.39, 0.29) is 17.8 Å². The van der Waals surface area contributed by atoms with Gasteiger partial charge in [0.25, 0.3) is 0 Å². The Bertz CT molecular complexity index is 841. The summed E-state index contributed by atoms with van der Waals surface area (Å²) in [5.41, 5.74) is 0.0331. The molecule has 0 aliphatic carbocycles. The molecule has 3 rings (SSSR count). The van der Waals surface area contributed by atoms with E-state index in [2.05, 4.69) is 15.5 Å². The second-order valence-corrected chi connectivity index (χ2v) is 5.30. The van der Waals surface area contributed by atoms with Crippen molar-refractivity contribution in [3.8, 4) is 0 Å². The molecule has 0 saturated heterocycles. The first-order valence-electron chi connectivity index (χ1n) is 7.00. The molecule has 2 aromatic heterocycles. The number of nitrogens with zero attached hydrogens (tertiary/aromatic N) is 4. The van der Waals surface area contributed by atoms with Gasteiger partial charge in [-0.2, -0.15) is 13.2 Å². The van der Waals surface area contributed by atoms with Crippen LogP contribution in [0.25, 0.3) is 0 Å². The molecule has 0 aliphatic rings. The van der Waals surface area contributed by atoms with Crippen LogP contribution in [0.2, 0.25) is 0 Å². The molecular formula is C15H13F3N4O2. The molecule has 0 saturated carbocycles. The van der Waals surface area contributed by atoms with Crippen LogP contribution >= 0.6 is 0 Å². The SMILES string of the molecule is Cc1cc(Cn2cc(C(O)c3cccc(C(F)(F)F)c3)nn2)no1. The second kappa shape index (κ2) is 6.08. The Balaban J connectivity index is 1.79. The minimum Gasteiger partial charge on any atom is -0.382 e. The topological polar surface area (TPSA) is 77.0 Å². The van der Waals surface area contributed by atoms with Gasteiger partial charge in [-0.25, -0.2) is 4.68 Å². The molecule has 0 bridgehead atoms. The van der Waals surface area contributed by atoms with E-state index in [0.717, 1.165) is 12.1 Å². The maximum absolute atomic E-state index is 12.8. The molecule has 0 amide bonds. The van der Waals surface area contributed by atoms with Crippen LogP contribution in [0.3, 0.4) is 0 Å². The van der Waals surface area contributed by atoms with E-state index in [1.165, 1.54) is 23.0 Å². The molecule has 3 aromatic rings. The van der Waals surface area contributed by atoms with Gasteiger partial charge < -0.3 is 9.63 Å². The van der Waals surface area contributed by atoms with Crippen molar-refractivity contribution in [2.45, 2.75) is 25.7 Å². The lowest BCUT2D eigenvalue weighted by Gasteiger charge is -2.11. The van der Waals surface area contributed by atoms with Crippen molar-refractivity contribution in [3.05, 3.63) is 64.8 Å². The van der Waals surface area contributed by atoms with Crippen LogP contribution in [-0.2, 0) is 12.7 Å². The Morgan fingerprint density at radius 2 is 2.08 bits per heavy atom. The number of hydrogen-bond donors (Lipinski definition) is 1. The maximum Gasteiger partial charge on any atom is 0.416 e. The van der Waals surface area contributed by atoms with Gasteiger partial charge in [-0.05, 0) is 24.6 Å². The van der Waals surface area contributed by atoms with Gasteiger partial charge in [-0.15, -0.1) is 5.10 Å². The first-order valence-corrected chi connectivity index (χ1v) is 7.00. The van der Waals surface area contributed by atoms with Gasteiger partial charge in [0, 0.05) is 6.07 Å². The molecule has 1 N–H and O–H groups in total. The van der Waals surface area contributed by atoms with Crippen LogP contribution in [0, 0.1) is 6.92 Å². The Kier molecular flexibility index (Phi) is 4.10. The Labute approximate surface area is 134 Å². The van der Waals surface area contributed by atoms with Gasteiger partial charge in [-0.3, -0.25) is 0 Å². The third kappa shape index (κ3) is 3.46. The standard InChI is InChI=1S/C15H13F3N4O2/c1-9-5-12(20-24-9)7-22-8-13(19-21-22)14(23)10-3-2-4-11(6-10)15(16,17)18/h2-6,8,14,23H,7H2,1H3. The number of alkyl halides is 3. The zero-order valence-corrected chi connectivity index (χ0v) is 12.5. The Morgan fingerprint density at radius 1 is 1.29 bits per heavy atom. The van der Waals surface area contributed by atoms with E-state index in [0.29, 0.717) is 11.5 Å². The van der Waals surface area contributed by atoms with Gasteiger partial charge in [0.2, 0.25) is 0 Å². The molecule has 126 valence electrons. The number of aliphatic hydroxyl groups excluding tert-OH is 1. The van der Waals surface area contributed by atoms with Crippen LogP contribution in [0.15, 0.2) is 41.1 Å². The molecule has 1 unspecified atom stereocenters. The predicted molar refractivity (Wildman–Crippen MR) is 75.9 cm³/mol. The molecule has 2 heterocycles. The van der Waals surface area contributed by atoms with Crippen LogP contribution in [0.4, 0.5) is 13.2 Å². The number of hydrogen-bond acceptors (Lipinski definition) is 5. The van der Waals surface area contributed by atoms with Gasteiger partial charge in [0.15, 0.2) is 0 Å². The third-order valence-corrected chi connectivity index (χ3v) is 3.37. The average Bonchev–Trinajstić information content (AvgIpc) is 3.15. The normalized spacial score (nSPS) is 13.2. The fourth-order valence-electron chi connectivity index (χ4n) is 2.23. The van der Waals surface area contributed by atoms with Gasteiger partial charge >= 0.3 is 6.18 Å². The van der Waals surface area contributed by atoms with Gasteiger partial charge in [-0.1, -0.05) is 22.5 Å². The van der Waals surface area contributed by atoms with Crippen molar-refractivity contribution in [2.24, 2.45) is 0 Å². The number of rotatable bonds is 4. The lowest BCUT2D eigenvalue weighted by molar-refractivity contribution is -0.137. The molecule has 1 aromatic carbocycles. The first-order chi connectivity index (χ1) is 11.3. The smallest absolute Gasteiger partial charge is 0.382 e. The van der Waals surface area contributed by atoms with E-state index in [9.17, 15) is 18.3 Å². The Morgan fingerprint density at radius 3 is 2.75 bits per heavy atom. The van der Waals surface area contributed by atoms with Crippen molar-refractivity contribution >= 4 is 0 Å². The van der Waals surface area contributed by atoms with E-state index in [4.69, 9.17) is 4.52 Å². The molecule has 0 fully saturated rings. The molecular weight excluding hydrogens is 325 g/mol. The highest BCUT2D eigenvalue weighted by Gasteiger charge is 2.31. The fourth-order valence-corrected chi connectivity index (χ4v) is 2.23. The quantitative estimate of drug-likeness (QED) is 0.791. The van der Waals surface area contributed by atoms with E-state index in [1.807, 2.05) is 0 Å². The largest absolute Gasteiger partial charge is 0.416 e. The lowest BCUT2D eigenvalue weighted by atomic mass is 10.0. The highest BCUT2D eigenvalue weighted by molar-refractivity contribution is 5.30. The Hall–Kier alpha value is -2.68. The van der Waals surface area contributed by atoms with E-state index in [1.54, 1.807) is 13.0 Å². The third-order valence-electron chi connectivity index (χ3n) is 3.37. The van der Waals surface area contributed by atoms with Crippen LogP contribution in [0.1, 0.15) is 34.4 Å². The number of benzene rings is 1. The van der Waals surface area contributed by atoms with Crippen LogP contribution in [0.5, 0.6) is 0 Å².